The van der Waals surface area contributed by atoms with E-state index in [1.807, 2.05) is 0 Å². The summed E-state index contributed by atoms with van der Waals surface area (Å²) in [6.07, 6.45) is 7.57. The Kier molecular flexibility index (Phi) is 7.63. The molecule has 0 aliphatic heterocycles. The standard InChI is InChI=1S/C25H39N3O3/c1-24(18-28(17-22(29)30)23(31)26-16-20-8-7-9-20)12-14-25(15-13-24,19-27(2)3)21-10-5-4-6-11-21/h4-6,10-11,20H,7-9,12-19H2,1-3H3,(H,26,31)(H,29,30). The number of hydrogen-bond acceptors (Lipinski definition) is 3. The van der Waals surface area contributed by atoms with Crippen LogP contribution in [-0.2, 0) is 10.2 Å². The van der Waals surface area contributed by atoms with Gasteiger partial charge < -0.3 is 20.2 Å². The van der Waals surface area contributed by atoms with Crippen molar-refractivity contribution in [2.24, 2.45) is 11.3 Å². The molecule has 0 unspecified atom stereocenters. The van der Waals surface area contributed by atoms with Gasteiger partial charge in [-0.25, -0.2) is 4.79 Å². The van der Waals surface area contributed by atoms with Crippen LogP contribution < -0.4 is 5.32 Å². The molecule has 1 aromatic carbocycles. The number of rotatable bonds is 9. The number of amides is 2. The summed E-state index contributed by atoms with van der Waals surface area (Å²) in [5.74, 6) is -0.400. The van der Waals surface area contributed by atoms with Gasteiger partial charge >= 0.3 is 12.0 Å². The summed E-state index contributed by atoms with van der Waals surface area (Å²) in [6, 6.07) is 10.5. The fourth-order valence-electron chi connectivity index (χ4n) is 5.29. The van der Waals surface area contributed by atoms with Gasteiger partial charge in [-0.05, 0) is 69.5 Å². The van der Waals surface area contributed by atoms with Crippen LogP contribution in [0.5, 0.6) is 0 Å². The van der Waals surface area contributed by atoms with Crippen molar-refractivity contribution in [3.05, 3.63) is 35.9 Å². The summed E-state index contributed by atoms with van der Waals surface area (Å²) in [5.41, 5.74) is 1.41. The maximum atomic E-state index is 12.8. The Bertz CT molecular complexity index is 738. The first-order chi connectivity index (χ1) is 14.7. The summed E-state index contributed by atoms with van der Waals surface area (Å²) >= 11 is 0. The third-order valence-corrected chi connectivity index (χ3v) is 7.37. The minimum absolute atomic E-state index is 0.0755. The smallest absolute Gasteiger partial charge is 0.323 e. The van der Waals surface area contributed by atoms with Crippen LogP contribution in [0.2, 0.25) is 0 Å². The molecule has 0 atom stereocenters. The summed E-state index contributed by atoms with van der Waals surface area (Å²) in [7, 11) is 4.25. The fraction of sp³-hybridized carbons (Fsp3) is 0.680. The molecule has 6 heteroatoms. The Morgan fingerprint density at radius 2 is 1.71 bits per heavy atom. The molecule has 0 saturated heterocycles. The van der Waals surface area contributed by atoms with Gasteiger partial charge in [-0.15, -0.1) is 0 Å². The molecule has 2 aliphatic rings. The molecule has 0 bridgehead atoms. The van der Waals surface area contributed by atoms with Gasteiger partial charge in [0.1, 0.15) is 6.54 Å². The second-order valence-corrected chi connectivity index (χ2v) is 10.4. The van der Waals surface area contributed by atoms with Gasteiger partial charge in [0.05, 0.1) is 0 Å². The van der Waals surface area contributed by atoms with Crippen molar-refractivity contribution in [1.82, 2.24) is 15.1 Å². The van der Waals surface area contributed by atoms with Gasteiger partial charge in [0, 0.05) is 25.0 Å². The average Bonchev–Trinajstić information content (AvgIpc) is 2.68. The summed E-state index contributed by atoms with van der Waals surface area (Å²) in [5, 5.41) is 12.4. The summed E-state index contributed by atoms with van der Waals surface area (Å²) < 4.78 is 0. The lowest BCUT2D eigenvalue weighted by Gasteiger charge is -2.48. The number of hydrogen-bond donors (Lipinski definition) is 2. The fourth-order valence-corrected chi connectivity index (χ4v) is 5.29. The van der Waals surface area contributed by atoms with Crippen LogP contribution in [-0.4, -0.2) is 67.2 Å². The second kappa shape index (κ2) is 10.0. The van der Waals surface area contributed by atoms with Crippen molar-refractivity contribution in [2.75, 3.05) is 40.3 Å². The molecule has 172 valence electrons. The Morgan fingerprint density at radius 1 is 1.06 bits per heavy atom. The highest BCUT2D eigenvalue weighted by atomic mass is 16.4. The zero-order valence-corrected chi connectivity index (χ0v) is 19.4. The Hall–Kier alpha value is -2.08. The molecule has 0 aromatic heterocycles. The number of carbonyl (C=O) groups excluding carboxylic acids is 1. The van der Waals surface area contributed by atoms with Crippen LogP contribution in [0.4, 0.5) is 4.79 Å². The maximum Gasteiger partial charge on any atom is 0.323 e. The number of urea groups is 1. The van der Waals surface area contributed by atoms with Gasteiger partial charge in [0.15, 0.2) is 0 Å². The molecular weight excluding hydrogens is 390 g/mol. The zero-order chi connectivity index (χ0) is 22.5. The number of nitrogens with zero attached hydrogens (tertiary/aromatic N) is 2. The molecule has 3 rings (SSSR count). The number of nitrogens with one attached hydrogen (secondary N) is 1. The van der Waals surface area contributed by atoms with Gasteiger partial charge in [-0.1, -0.05) is 43.7 Å². The predicted molar refractivity (Wildman–Crippen MR) is 123 cm³/mol. The van der Waals surface area contributed by atoms with Crippen molar-refractivity contribution in [3.8, 4) is 0 Å². The quantitative estimate of drug-likeness (QED) is 0.623. The Morgan fingerprint density at radius 3 is 2.23 bits per heavy atom. The molecule has 0 spiro atoms. The van der Waals surface area contributed by atoms with E-state index < -0.39 is 5.97 Å². The van der Waals surface area contributed by atoms with Crippen LogP contribution >= 0.6 is 0 Å². The number of aliphatic carboxylic acids is 1. The molecule has 2 aliphatic carbocycles. The Balaban J connectivity index is 1.67. The lowest BCUT2D eigenvalue weighted by molar-refractivity contribution is -0.138. The SMILES string of the molecule is CN(C)CC1(c2ccccc2)CCC(C)(CN(CC(=O)O)C(=O)NCC2CCC2)CC1. The number of likely N-dealkylation sites (N-methyl/N-ethyl adjacent to an activating group) is 1. The monoisotopic (exact) mass is 429 g/mol. The molecule has 31 heavy (non-hydrogen) atoms. The number of carbonyl (C=O) groups is 2. The van der Waals surface area contributed by atoms with Gasteiger partial charge in [-0.2, -0.15) is 0 Å². The first-order valence-corrected chi connectivity index (χ1v) is 11.7. The lowest BCUT2D eigenvalue weighted by atomic mass is 9.61. The van der Waals surface area contributed by atoms with Crippen molar-refractivity contribution in [3.63, 3.8) is 0 Å². The van der Waals surface area contributed by atoms with Crippen LogP contribution in [0.25, 0.3) is 0 Å². The van der Waals surface area contributed by atoms with E-state index in [-0.39, 0.29) is 23.4 Å². The normalized spacial score (nSPS) is 26.3. The highest BCUT2D eigenvalue weighted by Gasteiger charge is 2.43. The lowest BCUT2D eigenvalue weighted by Crippen LogP contribution is -2.51. The summed E-state index contributed by atoms with van der Waals surface area (Å²) in [4.78, 5) is 28.0. The molecule has 2 fully saturated rings. The maximum absolute atomic E-state index is 12.8. The van der Waals surface area contributed by atoms with E-state index in [1.165, 1.54) is 16.9 Å². The topological polar surface area (TPSA) is 72.9 Å². The third-order valence-electron chi connectivity index (χ3n) is 7.37. The van der Waals surface area contributed by atoms with Crippen molar-refractivity contribution in [1.29, 1.82) is 0 Å². The molecular formula is C25H39N3O3. The molecule has 1 aromatic rings. The number of benzene rings is 1. The minimum Gasteiger partial charge on any atom is -0.480 e. The second-order valence-electron chi connectivity index (χ2n) is 10.4. The van der Waals surface area contributed by atoms with Crippen molar-refractivity contribution in [2.45, 2.75) is 57.3 Å². The molecule has 2 amide bonds. The third kappa shape index (κ3) is 6.22. The van der Waals surface area contributed by atoms with E-state index in [2.05, 4.69) is 61.6 Å². The predicted octanol–water partition coefficient (Wildman–Crippen LogP) is 3.96. The van der Waals surface area contributed by atoms with Gasteiger partial charge in [0.25, 0.3) is 0 Å². The van der Waals surface area contributed by atoms with Crippen molar-refractivity contribution >= 4 is 12.0 Å². The van der Waals surface area contributed by atoms with E-state index in [4.69, 9.17) is 0 Å². The van der Waals surface area contributed by atoms with E-state index in [9.17, 15) is 14.7 Å². The van der Waals surface area contributed by atoms with Gasteiger partial charge in [0.2, 0.25) is 0 Å². The highest BCUT2D eigenvalue weighted by Crippen LogP contribution is 2.47. The van der Waals surface area contributed by atoms with E-state index in [0.29, 0.717) is 19.0 Å². The summed E-state index contributed by atoms with van der Waals surface area (Å²) in [6.45, 7) is 4.11. The van der Waals surface area contributed by atoms with Gasteiger partial charge in [-0.3, -0.25) is 4.79 Å². The highest BCUT2D eigenvalue weighted by molar-refractivity contribution is 5.80. The largest absolute Gasteiger partial charge is 0.480 e. The van der Waals surface area contributed by atoms with E-state index in [1.54, 1.807) is 0 Å². The number of carboxylic acid groups (broad SMARTS) is 1. The Labute approximate surface area is 187 Å². The van der Waals surface area contributed by atoms with Crippen LogP contribution in [0.1, 0.15) is 57.4 Å². The average molecular weight is 430 g/mol. The van der Waals surface area contributed by atoms with E-state index >= 15 is 0 Å². The van der Waals surface area contributed by atoms with Crippen molar-refractivity contribution < 1.29 is 14.7 Å². The zero-order valence-electron chi connectivity index (χ0n) is 19.4. The molecule has 6 nitrogen and oxygen atoms in total. The van der Waals surface area contributed by atoms with Crippen LogP contribution in [0, 0.1) is 11.3 Å². The molecule has 0 heterocycles. The molecule has 2 saturated carbocycles. The molecule has 0 radical (unpaired) electrons. The van der Waals surface area contributed by atoms with E-state index in [0.717, 1.165) is 45.1 Å². The van der Waals surface area contributed by atoms with Crippen LogP contribution in [0.15, 0.2) is 30.3 Å². The first-order valence-electron chi connectivity index (χ1n) is 11.7. The van der Waals surface area contributed by atoms with Crippen LogP contribution in [0.3, 0.4) is 0 Å². The first kappa shape index (κ1) is 23.6. The minimum atomic E-state index is -0.954. The molecule has 2 N–H and O–H groups in total. The number of carboxylic acids is 1.